The van der Waals surface area contributed by atoms with Crippen LogP contribution >= 0.6 is 11.6 Å². The molecular weight excluding hydrogens is 260 g/mol. The number of nitrogens with one attached hydrogen (secondary N) is 1. The van der Waals surface area contributed by atoms with Crippen LogP contribution in [0.5, 0.6) is 0 Å². The van der Waals surface area contributed by atoms with Crippen LogP contribution in [0, 0.1) is 0 Å². The zero-order chi connectivity index (χ0) is 13.3. The third-order valence-corrected chi connectivity index (χ3v) is 4.42. The number of hydrogen-bond donors (Lipinski definition) is 2. The molecule has 0 atom stereocenters. The van der Waals surface area contributed by atoms with Gasteiger partial charge < -0.3 is 5.11 Å². The summed E-state index contributed by atoms with van der Waals surface area (Å²) >= 11 is 6.18. The predicted molar refractivity (Wildman–Crippen MR) is 77.3 cm³/mol. The molecule has 4 heteroatoms. The van der Waals surface area contributed by atoms with Crippen molar-refractivity contribution in [2.75, 3.05) is 0 Å². The van der Waals surface area contributed by atoms with Crippen molar-refractivity contribution in [3.63, 3.8) is 0 Å². The molecule has 102 valence electrons. The van der Waals surface area contributed by atoms with Crippen LogP contribution in [-0.4, -0.2) is 15.3 Å². The Balaban J connectivity index is 2.07. The fourth-order valence-electron chi connectivity index (χ4n) is 3.16. The van der Waals surface area contributed by atoms with Crippen molar-refractivity contribution < 1.29 is 5.11 Å². The molecule has 1 aromatic heterocycles. The molecule has 0 spiro atoms. The first-order chi connectivity index (χ1) is 9.19. The van der Waals surface area contributed by atoms with E-state index in [9.17, 15) is 5.11 Å². The molecule has 0 radical (unpaired) electrons. The molecule has 1 aliphatic rings. The number of benzene rings is 1. The van der Waals surface area contributed by atoms with Crippen LogP contribution in [0.1, 0.15) is 50.5 Å². The van der Waals surface area contributed by atoms with Crippen molar-refractivity contribution in [1.82, 2.24) is 10.2 Å². The second-order valence-electron chi connectivity index (χ2n) is 5.58. The van der Waals surface area contributed by atoms with Gasteiger partial charge in [0.05, 0.1) is 17.3 Å². The summed E-state index contributed by atoms with van der Waals surface area (Å²) in [5.41, 5.74) is 1.08. The van der Waals surface area contributed by atoms with Crippen LogP contribution in [0.15, 0.2) is 18.3 Å². The van der Waals surface area contributed by atoms with Gasteiger partial charge in [-0.05, 0) is 30.5 Å². The molecule has 0 amide bonds. The average molecular weight is 279 g/mol. The van der Waals surface area contributed by atoms with Crippen molar-refractivity contribution >= 4 is 22.5 Å². The first-order valence-electron chi connectivity index (χ1n) is 7.04. The number of aliphatic hydroxyl groups is 1. The highest BCUT2D eigenvalue weighted by molar-refractivity contribution is 6.31. The summed E-state index contributed by atoms with van der Waals surface area (Å²) in [6, 6.07) is 3.76. The minimum atomic E-state index is -0.757. The number of halogens is 1. The lowest BCUT2D eigenvalue weighted by atomic mass is 9.80. The van der Waals surface area contributed by atoms with Gasteiger partial charge in [-0.15, -0.1) is 0 Å². The van der Waals surface area contributed by atoms with Crippen molar-refractivity contribution in [2.24, 2.45) is 0 Å². The fourth-order valence-corrected chi connectivity index (χ4v) is 3.38. The zero-order valence-electron chi connectivity index (χ0n) is 11.0. The van der Waals surface area contributed by atoms with Gasteiger partial charge in [0.1, 0.15) is 0 Å². The molecule has 0 unspecified atom stereocenters. The highest BCUT2D eigenvalue weighted by atomic mass is 35.5. The van der Waals surface area contributed by atoms with Crippen LogP contribution in [0.4, 0.5) is 0 Å². The SMILES string of the molecule is OC1(c2cc(Cl)cc3[nH]ncc23)CCCCCCC1. The summed E-state index contributed by atoms with van der Waals surface area (Å²) < 4.78 is 0. The lowest BCUT2D eigenvalue weighted by Crippen LogP contribution is -2.27. The summed E-state index contributed by atoms with van der Waals surface area (Å²) in [5.74, 6) is 0. The third-order valence-electron chi connectivity index (χ3n) is 4.21. The van der Waals surface area contributed by atoms with Gasteiger partial charge in [-0.25, -0.2) is 0 Å². The molecule has 0 aliphatic heterocycles. The van der Waals surface area contributed by atoms with E-state index in [1.54, 1.807) is 6.20 Å². The number of fused-ring (bicyclic) bond motifs is 1. The number of H-pyrrole nitrogens is 1. The molecule has 1 heterocycles. The Morgan fingerprint density at radius 1 is 1.11 bits per heavy atom. The van der Waals surface area contributed by atoms with Crippen LogP contribution in [0.2, 0.25) is 5.02 Å². The molecule has 0 saturated heterocycles. The quantitative estimate of drug-likeness (QED) is 0.823. The Bertz CT molecular complexity index is 571. The van der Waals surface area contributed by atoms with E-state index in [1.165, 1.54) is 19.3 Å². The summed E-state index contributed by atoms with van der Waals surface area (Å²) in [5, 5.41) is 19.8. The van der Waals surface area contributed by atoms with E-state index in [-0.39, 0.29) is 0 Å². The first-order valence-corrected chi connectivity index (χ1v) is 7.42. The molecule has 0 bridgehead atoms. The largest absolute Gasteiger partial charge is 0.385 e. The van der Waals surface area contributed by atoms with Crippen molar-refractivity contribution in [3.05, 3.63) is 28.9 Å². The van der Waals surface area contributed by atoms with Gasteiger partial charge in [0.25, 0.3) is 0 Å². The van der Waals surface area contributed by atoms with E-state index in [4.69, 9.17) is 11.6 Å². The minimum Gasteiger partial charge on any atom is -0.385 e. The van der Waals surface area contributed by atoms with Crippen LogP contribution < -0.4 is 0 Å². The second kappa shape index (κ2) is 5.14. The van der Waals surface area contributed by atoms with Crippen molar-refractivity contribution in [3.8, 4) is 0 Å². The number of nitrogens with zero attached hydrogens (tertiary/aromatic N) is 1. The molecule has 2 aromatic rings. The van der Waals surface area contributed by atoms with Gasteiger partial charge in [0.15, 0.2) is 0 Å². The van der Waals surface area contributed by atoms with Gasteiger partial charge in [-0.1, -0.05) is 43.7 Å². The van der Waals surface area contributed by atoms with E-state index in [0.29, 0.717) is 5.02 Å². The standard InChI is InChI=1S/C15H19ClN2O/c16-11-8-13(12-10-17-18-14(12)9-11)15(19)6-4-2-1-3-5-7-15/h8-10,19H,1-7H2,(H,17,18). The van der Waals surface area contributed by atoms with Gasteiger partial charge in [0.2, 0.25) is 0 Å². The highest BCUT2D eigenvalue weighted by Gasteiger charge is 2.31. The van der Waals surface area contributed by atoms with Gasteiger partial charge >= 0.3 is 0 Å². The summed E-state index contributed by atoms with van der Waals surface area (Å²) in [6.45, 7) is 0. The molecule has 1 fully saturated rings. The lowest BCUT2D eigenvalue weighted by molar-refractivity contribution is 0.0110. The first kappa shape index (κ1) is 12.9. The van der Waals surface area contributed by atoms with E-state index < -0.39 is 5.60 Å². The number of aromatic nitrogens is 2. The van der Waals surface area contributed by atoms with Crippen LogP contribution in [0.25, 0.3) is 10.9 Å². The van der Waals surface area contributed by atoms with E-state index in [2.05, 4.69) is 10.2 Å². The van der Waals surface area contributed by atoms with E-state index >= 15 is 0 Å². The second-order valence-corrected chi connectivity index (χ2v) is 6.02. The van der Waals surface area contributed by atoms with Crippen LogP contribution in [-0.2, 0) is 5.60 Å². The molecule has 1 aliphatic carbocycles. The van der Waals surface area contributed by atoms with Crippen molar-refractivity contribution in [2.45, 2.75) is 50.5 Å². The fraction of sp³-hybridized carbons (Fsp3) is 0.533. The normalized spacial score (nSPS) is 20.1. The van der Waals surface area contributed by atoms with E-state index in [0.717, 1.165) is 42.1 Å². The molecule has 3 rings (SSSR count). The Kier molecular flexibility index (Phi) is 3.50. The van der Waals surface area contributed by atoms with Gasteiger partial charge in [0, 0.05) is 10.4 Å². The van der Waals surface area contributed by atoms with Gasteiger partial charge in [-0.2, -0.15) is 5.10 Å². The summed E-state index contributed by atoms with van der Waals surface area (Å²) in [4.78, 5) is 0. The topological polar surface area (TPSA) is 48.9 Å². The predicted octanol–water partition coefficient (Wildman–Crippen LogP) is 4.15. The molecule has 2 N–H and O–H groups in total. The molecule has 3 nitrogen and oxygen atoms in total. The number of hydrogen-bond acceptors (Lipinski definition) is 2. The maximum absolute atomic E-state index is 11.1. The molecule has 19 heavy (non-hydrogen) atoms. The molecule has 1 aromatic carbocycles. The van der Waals surface area contributed by atoms with E-state index in [1.807, 2.05) is 12.1 Å². The number of rotatable bonds is 1. The summed E-state index contributed by atoms with van der Waals surface area (Å²) in [7, 11) is 0. The lowest BCUT2D eigenvalue weighted by Gasteiger charge is -2.31. The number of aromatic amines is 1. The zero-order valence-corrected chi connectivity index (χ0v) is 11.7. The maximum atomic E-state index is 11.1. The minimum absolute atomic E-state index is 0.655. The maximum Gasteiger partial charge on any atom is 0.0904 e. The third kappa shape index (κ3) is 2.49. The summed E-state index contributed by atoms with van der Waals surface area (Å²) in [6.07, 6.45) is 9.26. The monoisotopic (exact) mass is 278 g/mol. The smallest absolute Gasteiger partial charge is 0.0904 e. The Labute approximate surface area is 118 Å². The Hall–Kier alpha value is -1.06. The Morgan fingerprint density at radius 2 is 1.79 bits per heavy atom. The van der Waals surface area contributed by atoms with Crippen LogP contribution in [0.3, 0.4) is 0 Å². The molecular formula is C15H19ClN2O. The van der Waals surface area contributed by atoms with Crippen molar-refractivity contribution in [1.29, 1.82) is 0 Å². The highest BCUT2D eigenvalue weighted by Crippen LogP contribution is 2.39. The van der Waals surface area contributed by atoms with Gasteiger partial charge in [-0.3, -0.25) is 5.10 Å². The molecule has 1 saturated carbocycles. The average Bonchev–Trinajstić information content (AvgIpc) is 2.81. The Morgan fingerprint density at radius 3 is 2.53 bits per heavy atom.